The first-order valence-electron chi connectivity index (χ1n) is 7.73. The maximum atomic E-state index is 12.9. The molecule has 6 heteroatoms. The van der Waals surface area contributed by atoms with Crippen LogP contribution in [0.25, 0.3) is 0 Å². The predicted molar refractivity (Wildman–Crippen MR) is 95.2 cm³/mol. The highest BCUT2D eigenvalue weighted by Gasteiger charge is 2.31. The summed E-state index contributed by atoms with van der Waals surface area (Å²) in [5.41, 5.74) is 2.43. The number of carbonyl (C=O) groups is 1. The molecule has 1 aromatic rings. The van der Waals surface area contributed by atoms with Crippen molar-refractivity contribution >= 4 is 23.2 Å². The Kier molecular flexibility index (Phi) is 5.60. The van der Waals surface area contributed by atoms with Gasteiger partial charge < -0.3 is 20.3 Å². The average Bonchev–Trinajstić information content (AvgIpc) is 2.55. The van der Waals surface area contributed by atoms with E-state index in [2.05, 4.69) is 10.6 Å². The third-order valence-electron chi connectivity index (χ3n) is 3.98. The van der Waals surface area contributed by atoms with Gasteiger partial charge in [0.15, 0.2) is 5.11 Å². The van der Waals surface area contributed by atoms with Crippen LogP contribution in [-0.2, 0) is 4.79 Å². The van der Waals surface area contributed by atoms with E-state index in [9.17, 15) is 4.79 Å². The fourth-order valence-electron chi connectivity index (χ4n) is 2.73. The summed E-state index contributed by atoms with van der Waals surface area (Å²) in [5.74, 6) is 0.767. The summed E-state index contributed by atoms with van der Waals surface area (Å²) in [5, 5.41) is 6.79. The molecule has 0 saturated heterocycles. The van der Waals surface area contributed by atoms with Crippen LogP contribution in [-0.4, -0.2) is 36.1 Å². The van der Waals surface area contributed by atoms with E-state index in [1.165, 1.54) is 0 Å². The molecule has 124 valence electrons. The Morgan fingerprint density at radius 3 is 2.65 bits per heavy atom. The van der Waals surface area contributed by atoms with E-state index in [1.54, 1.807) is 7.11 Å². The third-order valence-corrected chi connectivity index (χ3v) is 4.20. The van der Waals surface area contributed by atoms with Crippen LogP contribution in [0.5, 0.6) is 5.75 Å². The van der Waals surface area contributed by atoms with Gasteiger partial charge in [0.2, 0.25) is 0 Å². The molecular formula is C17H23N3O2S. The second-order valence-corrected chi connectivity index (χ2v) is 5.73. The zero-order valence-corrected chi connectivity index (χ0v) is 14.8. The standard InChI is InChI=1S/C17H23N3O2S/c1-5-20(6-2)16(21)14-11(3)18-17(23)19-15(14)12-8-7-9-13(10-12)22-4/h7-10,15H,5-6H2,1-4H3,(H2,18,19,23). The fraction of sp³-hybridized carbons (Fsp3) is 0.412. The van der Waals surface area contributed by atoms with Gasteiger partial charge in [-0.25, -0.2) is 0 Å². The number of methoxy groups -OCH3 is 1. The first-order chi connectivity index (χ1) is 11.0. The lowest BCUT2D eigenvalue weighted by Gasteiger charge is -2.33. The summed E-state index contributed by atoms with van der Waals surface area (Å²) in [7, 11) is 1.63. The minimum atomic E-state index is -0.285. The molecule has 0 saturated carbocycles. The van der Waals surface area contributed by atoms with E-state index in [4.69, 9.17) is 17.0 Å². The molecule has 1 aliphatic rings. The molecule has 2 N–H and O–H groups in total. The van der Waals surface area contributed by atoms with E-state index in [0.717, 1.165) is 17.0 Å². The van der Waals surface area contributed by atoms with Crippen molar-refractivity contribution in [2.75, 3.05) is 20.2 Å². The number of carbonyl (C=O) groups excluding carboxylic acids is 1. The predicted octanol–water partition coefficient (Wildman–Crippen LogP) is 2.36. The number of hydrogen-bond acceptors (Lipinski definition) is 3. The molecule has 0 fully saturated rings. The topological polar surface area (TPSA) is 53.6 Å². The smallest absolute Gasteiger partial charge is 0.253 e. The Morgan fingerprint density at radius 1 is 1.35 bits per heavy atom. The highest BCUT2D eigenvalue weighted by Crippen LogP contribution is 2.30. The van der Waals surface area contributed by atoms with E-state index < -0.39 is 0 Å². The molecule has 1 unspecified atom stereocenters. The number of ether oxygens (including phenoxy) is 1. The van der Waals surface area contributed by atoms with Crippen molar-refractivity contribution in [2.24, 2.45) is 0 Å². The van der Waals surface area contributed by atoms with Gasteiger partial charge in [-0.05, 0) is 50.7 Å². The van der Waals surface area contributed by atoms with Crippen LogP contribution < -0.4 is 15.4 Å². The highest BCUT2D eigenvalue weighted by molar-refractivity contribution is 7.80. The number of benzene rings is 1. The zero-order valence-electron chi connectivity index (χ0n) is 14.0. The minimum absolute atomic E-state index is 0.0165. The third kappa shape index (κ3) is 3.64. The first kappa shape index (κ1) is 17.3. The second-order valence-electron chi connectivity index (χ2n) is 5.32. The molecule has 1 aliphatic heterocycles. The number of rotatable bonds is 5. The highest BCUT2D eigenvalue weighted by atomic mass is 32.1. The minimum Gasteiger partial charge on any atom is -0.497 e. The molecular weight excluding hydrogens is 310 g/mol. The SMILES string of the molecule is CCN(CC)C(=O)C1=C(C)NC(=S)NC1c1cccc(OC)c1. The van der Waals surface area contributed by atoms with Gasteiger partial charge in [-0.15, -0.1) is 0 Å². The van der Waals surface area contributed by atoms with Gasteiger partial charge in [0.1, 0.15) is 5.75 Å². The van der Waals surface area contributed by atoms with Gasteiger partial charge in [-0.2, -0.15) is 0 Å². The lowest BCUT2D eigenvalue weighted by atomic mass is 9.94. The Labute approximate surface area is 142 Å². The molecule has 5 nitrogen and oxygen atoms in total. The van der Waals surface area contributed by atoms with Crippen LogP contribution >= 0.6 is 12.2 Å². The monoisotopic (exact) mass is 333 g/mol. The number of nitrogens with one attached hydrogen (secondary N) is 2. The van der Waals surface area contributed by atoms with Gasteiger partial charge in [-0.1, -0.05) is 12.1 Å². The molecule has 0 spiro atoms. The summed E-state index contributed by atoms with van der Waals surface area (Å²) in [4.78, 5) is 14.7. The zero-order chi connectivity index (χ0) is 17.0. The van der Waals surface area contributed by atoms with Crippen molar-refractivity contribution in [3.05, 3.63) is 41.1 Å². The van der Waals surface area contributed by atoms with Crippen molar-refractivity contribution in [3.8, 4) is 5.75 Å². The van der Waals surface area contributed by atoms with Gasteiger partial charge in [0.05, 0.1) is 18.7 Å². The molecule has 1 aromatic carbocycles. The fourth-order valence-corrected chi connectivity index (χ4v) is 3.00. The molecule has 1 amide bonds. The van der Waals surface area contributed by atoms with Crippen molar-refractivity contribution in [1.29, 1.82) is 0 Å². The van der Waals surface area contributed by atoms with E-state index in [1.807, 2.05) is 49.9 Å². The molecule has 2 rings (SSSR count). The lowest BCUT2D eigenvalue weighted by molar-refractivity contribution is -0.127. The summed E-state index contributed by atoms with van der Waals surface area (Å²) in [6.45, 7) is 7.18. The Hall–Kier alpha value is -2.08. The van der Waals surface area contributed by atoms with E-state index in [0.29, 0.717) is 23.8 Å². The van der Waals surface area contributed by atoms with E-state index >= 15 is 0 Å². The van der Waals surface area contributed by atoms with E-state index in [-0.39, 0.29) is 11.9 Å². The molecule has 23 heavy (non-hydrogen) atoms. The quantitative estimate of drug-likeness (QED) is 0.810. The van der Waals surface area contributed by atoms with Gasteiger partial charge in [0.25, 0.3) is 5.91 Å². The van der Waals surface area contributed by atoms with Crippen LogP contribution in [0.1, 0.15) is 32.4 Å². The largest absolute Gasteiger partial charge is 0.497 e. The first-order valence-corrected chi connectivity index (χ1v) is 8.14. The summed E-state index contributed by atoms with van der Waals surface area (Å²) in [6.07, 6.45) is 0. The van der Waals surface area contributed by atoms with Crippen molar-refractivity contribution in [2.45, 2.75) is 26.8 Å². The maximum absolute atomic E-state index is 12.9. The van der Waals surface area contributed by atoms with Crippen LogP contribution in [0.4, 0.5) is 0 Å². The Morgan fingerprint density at radius 2 is 2.04 bits per heavy atom. The molecule has 0 aliphatic carbocycles. The normalized spacial score (nSPS) is 17.4. The van der Waals surface area contributed by atoms with Crippen LogP contribution in [0.15, 0.2) is 35.5 Å². The average molecular weight is 333 g/mol. The number of allylic oxidation sites excluding steroid dienone is 1. The number of nitrogens with zero attached hydrogens (tertiary/aromatic N) is 1. The Balaban J connectivity index is 2.47. The molecule has 0 aromatic heterocycles. The second kappa shape index (κ2) is 7.46. The number of hydrogen-bond donors (Lipinski definition) is 2. The van der Waals surface area contributed by atoms with Crippen LogP contribution in [0, 0.1) is 0 Å². The number of likely N-dealkylation sites (N-methyl/N-ethyl adjacent to an activating group) is 1. The van der Waals surface area contributed by atoms with Crippen molar-refractivity contribution < 1.29 is 9.53 Å². The van der Waals surface area contributed by atoms with Crippen molar-refractivity contribution in [1.82, 2.24) is 15.5 Å². The Bertz CT molecular complexity index is 638. The molecule has 1 atom stereocenters. The van der Waals surface area contributed by atoms with Crippen LogP contribution in [0.2, 0.25) is 0 Å². The maximum Gasteiger partial charge on any atom is 0.253 e. The van der Waals surface area contributed by atoms with Crippen molar-refractivity contribution in [3.63, 3.8) is 0 Å². The summed E-state index contributed by atoms with van der Waals surface area (Å²) in [6, 6.07) is 7.40. The lowest BCUT2D eigenvalue weighted by Crippen LogP contribution is -2.47. The van der Waals surface area contributed by atoms with Gasteiger partial charge >= 0.3 is 0 Å². The summed E-state index contributed by atoms with van der Waals surface area (Å²) < 4.78 is 5.30. The van der Waals surface area contributed by atoms with Gasteiger partial charge in [-0.3, -0.25) is 4.79 Å². The molecule has 0 radical (unpaired) electrons. The molecule has 0 bridgehead atoms. The van der Waals surface area contributed by atoms with Gasteiger partial charge in [0, 0.05) is 18.8 Å². The van der Waals surface area contributed by atoms with Crippen LogP contribution in [0.3, 0.4) is 0 Å². The summed E-state index contributed by atoms with van der Waals surface area (Å²) >= 11 is 5.27. The number of amides is 1. The number of thiocarbonyl (C=S) groups is 1. The molecule has 1 heterocycles.